The zero-order valence-corrected chi connectivity index (χ0v) is 10.4. The van der Waals surface area contributed by atoms with E-state index in [9.17, 15) is 13.2 Å². The third-order valence-corrected chi connectivity index (χ3v) is 3.04. The Bertz CT molecular complexity index is 455. The summed E-state index contributed by atoms with van der Waals surface area (Å²) in [5, 5.41) is 0. The molecule has 1 aromatic rings. The van der Waals surface area contributed by atoms with Crippen molar-refractivity contribution in [1.29, 1.82) is 0 Å². The van der Waals surface area contributed by atoms with Crippen LogP contribution in [0.3, 0.4) is 0 Å². The summed E-state index contributed by atoms with van der Waals surface area (Å²) >= 11 is 0. The molecular formula is C7H5CeNO3S. The second-order valence-corrected chi connectivity index (χ2v) is 4.08. The summed E-state index contributed by atoms with van der Waals surface area (Å²) in [6.07, 6.45) is 0. The molecule has 0 spiro atoms. The van der Waals surface area contributed by atoms with Crippen molar-refractivity contribution in [3.05, 3.63) is 29.8 Å². The number of fused-ring (bicyclic) bond motifs is 1. The minimum Gasteiger partial charge on any atom is -0.268 e. The van der Waals surface area contributed by atoms with Crippen molar-refractivity contribution in [1.82, 2.24) is 4.72 Å². The van der Waals surface area contributed by atoms with Gasteiger partial charge in [-0.1, -0.05) is 12.1 Å². The number of rotatable bonds is 0. The first-order chi connectivity index (χ1) is 5.61. The molecule has 0 saturated heterocycles. The molecule has 0 saturated carbocycles. The molecule has 6 heteroatoms. The van der Waals surface area contributed by atoms with E-state index in [2.05, 4.69) is 0 Å². The zero-order chi connectivity index (χ0) is 8.77. The molecule has 4 nitrogen and oxygen atoms in total. The van der Waals surface area contributed by atoms with Gasteiger partial charge in [-0.2, -0.15) is 0 Å². The van der Waals surface area contributed by atoms with E-state index in [1.54, 1.807) is 12.1 Å². The molecule has 1 heterocycles. The Morgan fingerprint density at radius 2 is 1.77 bits per heavy atom. The van der Waals surface area contributed by atoms with E-state index in [0.717, 1.165) is 0 Å². The second kappa shape index (κ2) is 3.64. The van der Waals surface area contributed by atoms with Crippen molar-refractivity contribution in [2.75, 3.05) is 0 Å². The van der Waals surface area contributed by atoms with E-state index in [1.807, 2.05) is 4.72 Å². The maximum atomic E-state index is 11.1. The molecule has 1 amide bonds. The summed E-state index contributed by atoms with van der Waals surface area (Å²) in [7, 11) is -3.55. The number of carbonyl (C=O) groups is 1. The Morgan fingerprint density at radius 1 is 1.15 bits per heavy atom. The van der Waals surface area contributed by atoms with E-state index in [-0.39, 0.29) is 52.2 Å². The molecule has 0 radical (unpaired) electrons. The summed E-state index contributed by atoms with van der Waals surface area (Å²) < 4.78 is 24.2. The molecular weight excluding hydrogens is 318 g/mol. The maximum absolute atomic E-state index is 11.1. The standard InChI is InChI=1S/C7H5NO3S.Ce/c9-7-5-3-1-2-4-6(5)12(10,11)8-7;/h1-4H,(H,8,9);. The molecule has 0 unspecified atom stereocenters. The van der Waals surface area contributed by atoms with E-state index in [4.69, 9.17) is 0 Å². The van der Waals surface area contributed by atoms with Gasteiger partial charge in [0, 0.05) is 41.7 Å². The van der Waals surface area contributed by atoms with Crippen molar-refractivity contribution in [2.24, 2.45) is 0 Å². The van der Waals surface area contributed by atoms with E-state index < -0.39 is 15.9 Å². The minimum atomic E-state index is -3.55. The SMILES string of the molecule is O=C1NS(=O)(=O)c2ccccc21.[Ce]. The van der Waals surface area contributed by atoms with Gasteiger partial charge in [-0.25, -0.2) is 13.1 Å². The number of sulfonamides is 1. The third kappa shape index (κ3) is 1.78. The number of carbonyl (C=O) groups excluding carboxylic acids is 1. The van der Waals surface area contributed by atoms with Crippen LogP contribution in [-0.4, -0.2) is 14.3 Å². The van der Waals surface area contributed by atoms with Gasteiger partial charge in [0.1, 0.15) is 4.90 Å². The van der Waals surface area contributed by atoms with Gasteiger partial charge >= 0.3 is 0 Å². The number of nitrogens with one attached hydrogen (secondary N) is 1. The fraction of sp³-hybridized carbons (Fsp3) is 0. The summed E-state index contributed by atoms with van der Waals surface area (Å²) in [5.74, 6) is -0.550. The quantitative estimate of drug-likeness (QED) is 0.738. The predicted molar refractivity (Wildman–Crippen MR) is 41.1 cm³/mol. The Balaban J connectivity index is 0.000000845. The summed E-state index contributed by atoms with van der Waals surface area (Å²) in [4.78, 5) is 11.1. The van der Waals surface area contributed by atoms with Crippen LogP contribution in [0.2, 0.25) is 0 Å². The largest absolute Gasteiger partial charge is 0.268 e. The van der Waals surface area contributed by atoms with Crippen LogP contribution < -0.4 is 4.72 Å². The van der Waals surface area contributed by atoms with Gasteiger partial charge < -0.3 is 0 Å². The molecule has 2 rings (SSSR count). The van der Waals surface area contributed by atoms with Gasteiger partial charge in [-0.15, -0.1) is 0 Å². The Labute approximate surface area is 109 Å². The normalized spacial score (nSPS) is 17.1. The van der Waals surface area contributed by atoms with Crippen LogP contribution in [0.25, 0.3) is 0 Å². The van der Waals surface area contributed by atoms with Crippen LogP contribution in [-0.2, 0) is 10.0 Å². The van der Waals surface area contributed by atoms with Gasteiger partial charge in [0.05, 0.1) is 5.56 Å². The predicted octanol–water partition coefficient (Wildman–Crippen LogP) is 0.119. The molecule has 66 valence electrons. The Morgan fingerprint density at radius 3 is 2.38 bits per heavy atom. The van der Waals surface area contributed by atoms with Crippen molar-refractivity contribution < 1.29 is 55.0 Å². The van der Waals surface area contributed by atoms with Gasteiger partial charge in [-0.05, 0) is 12.1 Å². The number of amides is 1. The third-order valence-electron chi connectivity index (χ3n) is 1.65. The summed E-state index contributed by atoms with van der Waals surface area (Å²) in [6.45, 7) is 0. The Kier molecular flexibility index (Phi) is 3.11. The van der Waals surface area contributed by atoms with Crippen LogP contribution in [0.1, 0.15) is 10.4 Å². The van der Waals surface area contributed by atoms with Gasteiger partial charge in [0.15, 0.2) is 0 Å². The zero-order valence-electron chi connectivity index (χ0n) is 6.44. The summed E-state index contributed by atoms with van der Waals surface area (Å²) in [5.41, 5.74) is 0.220. The van der Waals surface area contributed by atoms with Crippen molar-refractivity contribution in [3.63, 3.8) is 0 Å². The number of hydrogen-bond donors (Lipinski definition) is 1. The van der Waals surface area contributed by atoms with E-state index in [0.29, 0.717) is 0 Å². The van der Waals surface area contributed by atoms with Crippen LogP contribution in [0.4, 0.5) is 0 Å². The number of benzene rings is 1. The Hall–Kier alpha value is 0.0166. The fourth-order valence-corrected chi connectivity index (χ4v) is 2.29. The first-order valence-electron chi connectivity index (χ1n) is 3.27. The smallest absolute Gasteiger partial charge is 0.266 e. The molecule has 0 atom stereocenters. The first-order valence-corrected chi connectivity index (χ1v) is 4.76. The molecule has 1 aliphatic rings. The molecule has 1 aliphatic heterocycles. The van der Waals surface area contributed by atoms with Crippen LogP contribution >= 0.6 is 0 Å². The molecule has 0 aliphatic carbocycles. The van der Waals surface area contributed by atoms with Gasteiger partial charge in [0.2, 0.25) is 0 Å². The van der Waals surface area contributed by atoms with Crippen molar-refractivity contribution >= 4 is 15.9 Å². The van der Waals surface area contributed by atoms with Crippen LogP contribution in [0.15, 0.2) is 29.2 Å². The van der Waals surface area contributed by atoms with E-state index in [1.165, 1.54) is 12.1 Å². The average Bonchev–Trinajstić information content (AvgIpc) is 2.25. The second-order valence-electron chi connectivity index (χ2n) is 2.43. The van der Waals surface area contributed by atoms with Crippen LogP contribution in [0.5, 0.6) is 0 Å². The average molecular weight is 323 g/mol. The molecule has 0 fully saturated rings. The topological polar surface area (TPSA) is 63.2 Å². The molecule has 0 aromatic heterocycles. The summed E-state index contributed by atoms with van der Waals surface area (Å²) in [6, 6.07) is 6.09. The van der Waals surface area contributed by atoms with Gasteiger partial charge in [0.25, 0.3) is 15.9 Å². The fourth-order valence-electron chi connectivity index (χ4n) is 1.12. The van der Waals surface area contributed by atoms with Crippen molar-refractivity contribution in [3.8, 4) is 0 Å². The molecule has 1 N–H and O–H groups in total. The number of hydrogen-bond acceptors (Lipinski definition) is 3. The van der Waals surface area contributed by atoms with Gasteiger partial charge in [-0.3, -0.25) is 4.79 Å². The van der Waals surface area contributed by atoms with Crippen LogP contribution in [0, 0.1) is 41.7 Å². The molecule has 13 heavy (non-hydrogen) atoms. The molecule has 1 aromatic carbocycles. The first kappa shape index (κ1) is 11.1. The monoisotopic (exact) mass is 323 g/mol. The minimum absolute atomic E-state index is 0. The maximum Gasteiger partial charge on any atom is 0.266 e. The van der Waals surface area contributed by atoms with Crippen molar-refractivity contribution in [2.45, 2.75) is 4.90 Å². The molecule has 0 bridgehead atoms. The van der Waals surface area contributed by atoms with E-state index >= 15 is 0 Å².